The molecule has 0 radical (unpaired) electrons. The molecule has 1 saturated heterocycles. The number of aryl methyl sites for hydroxylation is 1. The number of aromatic amines is 1. The fourth-order valence-corrected chi connectivity index (χ4v) is 6.57. The molecule has 3 aromatic rings. The molecule has 6 nitrogen and oxygen atoms in total. The molecule has 1 aliphatic carbocycles. The molecule has 36 heavy (non-hydrogen) atoms. The van der Waals surface area contributed by atoms with Crippen LogP contribution in [0.25, 0.3) is 22.0 Å². The van der Waals surface area contributed by atoms with Crippen molar-refractivity contribution < 1.29 is 18.7 Å². The number of halogens is 1. The molecule has 2 aliphatic heterocycles. The molecule has 0 bridgehead atoms. The molecule has 1 aromatic heterocycles. The van der Waals surface area contributed by atoms with E-state index in [-0.39, 0.29) is 16.9 Å². The van der Waals surface area contributed by atoms with Crippen molar-refractivity contribution in [3.8, 4) is 11.1 Å². The molecule has 2 aromatic carbocycles. The molecule has 7 heteroatoms. The molecule has 0 atom stereocenters. The number of ether oxygens (including phenoxy) is 1. The summed E-state index contributed by atoms with van der Waals surface area (Å²) in [6.07, 6.45) is 6.66. The van der Waals surface area contributed by atoms with Crippen molar-refractivity contribution >= 4 is 22.7 Å². The highest BCUT2D eigenvalue weighted by Crippen LogP contribution is 2.48. The van der Waals surface area contributed by atoms with Crippen molar-refractivity contribution in [1.82, 2.24) is 9.88 Å². The molecular weight excluding hydrogens is 457 g/mol. The van der Waals surface area contributed by atoms with Gasteiger partial charge in [-0.25, -0.2) is 4.39 Å². The van der Waals surface area contributed by atoms with E-state index in [1.807, 2.05) is 18.2 Å². The van der Waals surface area contributed by atoms with Crippen LogP contribution in [0.5, 0.6) is 0 Å². The minimum Gasteiger partial charge on any atom is -0.381 e. The highest BCUT2D eigenvalue weighted by molar-refractivity contribution is 6.11. The number of carbonyl (C=O) groups excluding carboxylic acids is 2. The lowest BCUT2D eigenvalue weighted by Crippen LogP contribution is -2.35. The fourth-order valence-electron chi connectivity index (χ4n) is 6.57. The largest absolute Gasteiger partial charge is 0.381 e. The number of hydrogen-bond donors (Lipinski definition) is 2. The molecule has 6 rings (SSSR count). The van der Waals surface area contributed by atoms with Gasteiger partial charge < -0.3 is 20.4 Å². The van der Waals surface area contributed by atoms with E-state index in [4.69, 9.17) is 10.5 Å². The second-order valence-electron chi connectivity index (χ2n) is 10.4. The highest BCUT2D eigenvalue weighted by atomic mass is 19.1. The van der Waals surface area contributed by atoms with Crippen molar-refractivity contribution in [2.45, 2.75) is 45.1 Å². The van der Waals surface area contributed by atoms with E-state index >= 15 is 4.39 Å². The number of benzene rings is 2. The average Bonchev–Trinajstić information content (AvgIpc) is 3.25. The number of carbonyl (C=O) groups is 2. The van der Waals surface area contributed by atoms with Crippen LogP contribution in [0.15, 0.2) is 36.9 Å². The van der Waals surface area contributed by atoms with Gasteiger partial charge in [0.05, 0.1) is 11.1 Å². The predicted octanol–water partition coefficient (Wildman–Crippen LogP) is 4.43. The third kappa shape index (κ3) is 3.56. The van der Waals surface area contributed by atoms with Gasteiger partial charge in [0.1, 0.15) is 5.82 Å². The number of aromatic nitrogens is 1. The summed E-state index contributed by atoms with van der Waals surface area (Å²) in [6.45, 7) is 6.12. The minimum absolute atomic E-state index is 0.105. The predicted molar refractivity (Wildman–Crippen MR) is 136 cm³/mol. The first-order valence-corrected chi connectivity index (χ1v) is 12.7. The Balaban J connectivity index is 1.56. The number of hydrogen-bond acceptors (Lipinski definition) is 3. The molecule has 1 fully saturated rings. The normalized spacial score (nSPS) is 18.6. The Labute approximate surface area is 209 Å². The van der Waals surface area contributed by atoms with Crippen LogP contribution in [0.4, 0.5) is 4.39 Å². The average molecular weight is 488 g/mol. The van der Waals surface area contributed by atoms with Crippen molar-refractivity contribution in [3.63, 3.8) is 0 Å². The van der Waals surface area contributed by atoms with Crippen LogP contribution in [-0.4, -0.2) is 41.5 Å². The maximum Gasteiger partial charge on any atom is 0.250 e. The summed E-state index contributed by atoms with van der Waals surface area (Å²) in [4.78, 5) is 29.8. The monoisotopic (exact) mass is 487 g/mol. The number of nitrogens with zero attached hydrogens (tertiary/aromatic N) is 1. The Morgan fingerprint density at radius 1 is 1.17 bits per heavy atom. The molecule has 2 amide bonds. The summed E-state index contributed by atoms with van der Waals surface area (Å²) < 4.78 is 21.7. The quantitative estimate of drug-likeness (QED) is 0.536. The second kappa shape index (κ2) is 8.59. The van der Waals surface area contributed by atoms with Crippen molar-refractivity contribution in [1.29, 1.82) is 0 Å². The van der Waals surface area contributed by atoms with Gasteiger partial charge >= 0.3 is 0 Å². The van der Waals surface area contributed by atoms with Crippen LogP contribution < -0.4 is 5.73 Å². The van der Waals surface area contributed by atoms with Crippen LogP contribution in [0.1, 0.15) is 52.0 Å². The number of nitrogens with two attached hydrogens (primary N) is 1. The zero-order valence-electron chi connectivity index (χ0n) is 20.3. The molecule has 0 unspecified atom stereocenters. The molecule has 3 N–H and O–H groups in total. The standard InChI is InChI=1S/C29H30FN3O3/c1-2-24(34)33-11-7-18-17(16-33)4-3-5-19(18)25-22(30)14-20(28(31)35)27-26(25)21-15-29(8-6-23(21)32-27)9-12-36-13-10-29/h2-5,14,32H,1,6-13,15-16H2,(H2,31,35). The number of primary amides is 1. The number of rotatable bonds is 3. The molecule has 186 valence electrons. The summed E-state index contributed by atoms with van der Waals surface area (Å²) in [7, 11) is 0. The lowest BCUT2D eigenvalue weighted by Gasteiger charge is -2.40. The van der Waals surface area contributed by atoms with Gasteiger partial charge in [0.15, 0.2) is 0 Å². The zero-order valence-corrected chi connectivity index (χ0v) is 20.3. The van der Waals surface area contributed by atoms with Crippen LogP contribution in [0, 0.1) is 11.2 Å². The summed E-state index contributed by atoms with van der Waals surface area (Å²) >= 11 is 0. The van der Waals surface area contributed by atoms with Gasteiger partial charge in [-0.15, -0.1) is 0 Å². The van der Waals surface area contributed by atoms with E-state index in [9.17, 15) is 9.59 Å². The summed E-state index contributed by atoms with van der Waals surface area (Å²) in [5, 5.41) is 0.780. The van der Waals surface area contributed by atoms with E-state index < -0.39 is 11.7 Å². The van der Waals surface area contributed by atoms with E-state index in [1.165, 1.54) is 12.1 Å². The highest BCUT2D eigenvalue weighted by Gasteiger charge is 2.39. The maximum atomic E-state index is 16.0. The topological polar surface area (TPSA) is 88.4 Å². The van der Waals surface area contributed by atoms with Gasteiger partial charge in [-0.1, -0.05) is 24.8 Å². The van der Waals surface area contributed by atoms with Crippen molar-refractivity contribution in [2.24, 2.45) is 11.1 Å². The van der Waals surface area contributed by atoms with Crippen molar-refractivity contribution in [2.75, 3.05) is 19.8 Å². The zero-order chi connectivity index (χ0) is 25.0. The number of H-pyrrole nitrogens is 1. The third-order valence-corrected chi connectivity index (χ3v) is 8.52. The fraction of sp³-hybridized carbons (Fsp3) is 0.379. The smallest absolute Gasteiger partial charge is 0.250 e. The third-order valence-electron chi connectivity index (χ3n) is 8.52. The van der Waals surface area contributed by atoms with E-state index in [1.54, 1.807) is 4.90 Å². The van der Waals surface area contributed by atoms with Crippen LogP contribution >= 0.6 is 0 Å². The Kier molecular flexibility index (Phi) is 5.48. The minimum atomic E-state index is -0.640. The number of fused-ring (bicyclic) bond motifs is 4. The lowest BCUT2D eigenvalue weighted by atomic mass is 9.68. The van der Waals surface area contributed by atoms with Gasteiger partial charge in [-0.05, 0) is 78.3 Å². The van der Waals surface area contributed by atoms with Crippen LogP contribution in [0.3, 0.4) is 0 Å². The second-order valence-corrected chi connectivity index (χ2v) is 10.4. The molecule has 0 saturated carbocycles. The van der Waals surface area contributed by atoms with Gasteiger partial charge in [-0.2, -0.15) is 0 Å². The van der Waals surface area contributed by atoms with E-state index in [0.717, 1.165) is 78.7 Å². The Bertz CT molecular complexity index is 1420. The number of amides is 2. The van der Waals surface area contributed by atoms with Crippen molar-refractivity contribution in [3.05, 3.63) is 70.7 Å². The first-order chi connectivity index (χ1) is 17.4. The van der Waals surface area contributed by atoms with Gasteiger partial charge in [0, 0.05) is 42.9 Å². The first-order valence-electron chi connectivity index (χ1n) is 12.7. The van der Waals surface area contributed by atoms with Crippen LogP contribution in [0.2, 0.25) is 0 Å². The SMILES string of the molecule is C=CC(=O)N1CCc2c(cccc2-c2c(F)cc(C(N)=O)c3[nH]c4c(c23)CC2(CCOCC2)CC4)C1. The lowest BCUT2D eigenvalue weighted by molar-refractivity contribution is -0.126. The number of nitrogens with one attached hydrogen (secondary N) is 1. The Hall–Kier alpha value is -3.45. The Morgan fingerprint density at radius 2 is 1.97 bits per heavy atom. The molecule has 3 aliphatic rings. The summed E-state index contributed by atoms with van der Waals surface area (Å²) in [6, 6.07) is 7.15. The van der Waals surface area contributed by atoms with E-state index in [2.05, 4.69) is 11.6 Å². The van der Waals surface area contributed by atoms with E-state index in [0.29, 0.717) is 30.6 Å². The van der Waals surface area contributed by atoms with Crippen LogP contribution in [-0.2, 0) is 35.3 Å². The van der Waals surface area contributed by atoms with Gasteiger partial charge in [0.25, 0.3) is 5.91 Å². The summed E-state index contributed by atoms with van der Waals surface area (Å²) in [5.74, 6) is -1.19. The first kappa shape index (κ1) is 23.0. The molecular formula is C29H30FN3O3. The molecule has 1 spiro atoms. The van der Waals surface area contributed by atoms with Gasteiger partial charge in [0.2, 0.25) is 5.91 Å². The Morgan fingerprint density at radius 3 is 2.72 bits per heavy atom. The maximum absolute atomic E-state index is 16.0. The summed E-state index contributed by atoms with van der Waals surface area (Å²) in [5.41, 5.74) is 12.2. The van der Waals surface area contributed by atoms with Gasteiger partial charge in [-0.3, -0.25) is 9.59 Å². The molecule has 3 heterocycles.